The van der Waals surface area contributed by atoms with Crippen molar-refractivity contribution in [2.45, 2.75) is 38.8 Å². The third-order valence-corrected chi connectivity index (χ3v) is 2.39. The van der Waals surface area contributed by atoms with Gasteiger partial charge in [-0.15, -0.1) is 0 Å². The normalized spacial score (nSPS) is 13.6. The highest BCUT2D eigenvalue weighted by atomic mass is 17.1. The van der Waals surface area contributed by atoms with Crippen molar-refractivity contribution in [3.8, 4) is 0 Å². The lowest BCUT2D eigenvalue weighted by molar-refractivity contribution is -0.202. The van der Waals surface area contributed by atoms with Gasteiger partial charge >= 0.3 is 0 Å². The molecular weight excluding hydrogens is 248 g/mol. The Labute approximate surface area is 112 Å². The largest absolute Gasteiger partial charge is 0.386 e. The van der Waals surface area contributed by atoms with E-state index in [1.165, 1.54) is 0 Å². The van der Waals surface area contributed by atoms with Crippen LogP contribution in [0.1, 0.15) is 27.7 Å². The van der Waals surface area contributed by atoms with Crippen LogP contribution in [0, 0.1) is 5.41 Å². The molecule has 0 aliphatic rings. The maximum Gasteiger partial charge on any atom is 0.156 e. The van der Waals surface area contributed by atoms with Crippen molar-refractivity contribution < 1.29 is 10.1 Å². The summed E-state index contributed by atoms with van der Waals surface area (Å²) in [5, 5.41) is 23.8. The van der Waals surface area contributed by atoms with E-state index in [1.54, 1.807) is 27.7 Å². The molecule has 0 heterocycles. The van der Waals surface area contributed by atoms with Crippen molar-refractivity contribution >= 4 is 11.7 Å². The van der Waals surface area contributed by atoms with E-state index < -0.39 is 11.1 Å². The van der Waals surface area contributed by atoms with Gasteiger partial charge in [-0.05, 0) is 27.7 Å². The lowest BCUT2D eigenvalue weighted by Gasteiger charge is -2.21. The second-order valence-corrected chi connectivity index (χ2v) is 5.06. The lowest BCUT2D eigenvalue weighted by Crippen LogP contribution is -2.39. The van der Waals surface area contributed by atoms with Crippen LogP contribution in [0.3, 0.4) is 0 Å². The number of amidine groups is 2. The first-order valence-electron chi connectivity index (χ1n) is 5.61. The van der Waals surface area contributed by atoms with Crippen LogP contribution < -0.4 is 11.5 Å². The SMILES string of the molecule is C=C(CN=C(N)C(C)(C)N=NC(C)(C)C(=N)N)OO. The minimum atomic E-state index is -0.893. The minimum Gasteiger partial charge on any atom is -0.386 e. The van der Waals surface area contributed by atoms with Gasteiger partial charge < -0.3 is 16.4 Å². The van der Waals surface area contributed by atoms with Crippen molar-refractivity contribution in [1.82, 2.24) is 0 Å². The van der Waals surface area contributed by atoms with E-state index in [4.69, 9.17) is 22.1 Å². The number of nitrogens with one attached hydrogen (secondary N) is 1. The second-order valence-electron chi connectivity index (χ2n) is 5.06. The van der Waals surface area contributed by atoms with Crippen LogP contribution in [0.2, 0.25) is 0 Å². The first kappa shape index (κ1) is 17.0. The van der Waals surface area contributed by atoms with E-state index in [-0.39, 0.29) is 24.0 Å². The van der Waals surface area contributed by atoms with E-state index in [9.17, 15) is 0 Å². The Morgan fingerprint density at radius 3 is 2.11 bits per heavy atom. The zero-order valence-corrected chi connectivity index (χ0v) is 11.8. The number of nitrogens with zero attached hydrogens (tertiary/aromatic N) is 3. The number of rotatable bonds is 7. The molecule has 108 valence electrons. The highest BCUT2D eigenvalue weighted by Gasteiger charge is 2.26. The fraction of sp³-hybridized carbons (Fsp3) is 0.636. The molecule has 6 N–H and O–H groups in total. The molecule has 8 heteroatoms. The van der Waals surface area contributed by atoms with E-state index in [0.717, 1.165) is 0 Å². The van der Waals surface area contributed by atoms with Crippen LogP contribution >= 0.6 is 0 Å². The van der Waals surface area contributed by atoms with Crippen molar-refractivity contribution in [3.63, 3.8) is 0 Å². The molecule has 0 aliphatic carbocycles. The Morgan fingerprint density at radius 1 is 1.21 bits per heavy atom. The summed E-state index contributed by atoms with van der Waals surface area (Å²) < 4.78 is 0. The molecule has 19 heavy (non-hydrogen) atoms. The van der Waals surface area contributed by atoms with E-state index >= 15 is 0 Å². The summed E-state index contributed by atoms with van der Waals surface area (Å²) in [7, 11) is 0. The molecule has 0 aromatic heterocycles. The first-order chi connectivity index (χ1) is 8.53. The molecule has 0 aromatic carbocycles. The Morgan fingerprint density at radius 2 is 1.68 bits per heavy atom. The van der Waals surface area contributed by atoms with Crippen LogP contribution in [0.25, 0.3) is 0 Å². The average Bonchev–Trinajstić information content (AvgIpc) is 2.32. The maximum absolute atomic E-state index is 8.33. The molecule has 0 radical (unpaired) electrons. The van der Waals surface area contributed by atoms with Crippen molar-refractivity contribution in [2.24, 2.45) is 26.7 Å². The van der Waals surface area contributed by atoms with Crippen LogP contribution in [0.15, 0.2) is 27.6 Å². The van der Waals surface area contributed by atoms with E-state index in [0.29, 0.717) is 0 Å². The van der Waals surface area contributed by atoms with Crippen LogP contribution in [0.5, 0.6) is 0 Å². The third-order valence-electron chi connectivity index (χ3n) is 2.39. The fourth-order valence-corrected chi connectivity index (χ4v) is 0.751. The molecule has 0 aromatic rings. The molecule has 0 fully saturated rings. The number of nitrogens with two attached hydrogens (primary N) is 2. The molecule has 0 saturated heterocycles. The van der Waals surface area contributed by atoms with Crippen molar-refractivity contribution in [1.29, 1.82) is 5.41 Å². The topological polar surface area (TPSA) is 142 Å². The molecule has 0 aliphatic heterocycles. The number of azo groups is 1. The molecule has 0 spiro atoms. The minimum absolute atomic E-state index is 0.0252. The quantitative estimate of drug-likeness (QED) is 0.138. The van der Waals surface area contributed by atoms with Gasteiger partial charge in [-0.1, -0.05) is 6.58 Å². The third kappa shape index (κ3) is 5.47. The van der Waals surface area contributed by atoms with Gasteiger partial charge in [0.15, 0.2) is 5.76 Å². The van der Waals surface area contributed by atoms with Crippen LogP contribution in [-0.4, -0.2) is 34.6 Å². The number of aliphatic imine (C=N–C) groups is 1. The van der Waals surface area contributed by atoms with Crippen molar-refractivity contribution in [2.75, 3.05) is 6.54 Å². The zero-order valence-electron chi connectivity index (χ0n) is 11.8. The van der Waals surface area contributed by atoms with Gasteiger partial charge in [0.2, 0.25) is 0 Å². The van der Waals surface area contributed by atoms with Gasteiger partial charge in [-0.2, -0.15) is 10.2 Å². The summed E-state index contributed by atoms with van der Waals surface area (Å²) in [6, 6.07) is 0. The summed E-state index contributed by atoms with van der Waals surface area (Å²) in [5.41, 5.74) is 9.45. The molecule has 0 saturated carbocycles. The van der Waals surface area contributed by atoms with Gasteiger partial charge in [0, 0.05) is 0 Å². The molecule has 0 bridgehead atoms. The first-order valence-corrected chi connectivity index (χ1v) is 5.61. The molecule has 0 atom stereocenters. The molecule has 0 unspecified atom stereocenters. The monoisotopic (exact) mass is 270 g/mol. The Kier molecular flexibility index (Phi) is 5.63. The van der Waals surface area contributed by atoms with Gasteiger partial charge in [-0.25, -0.2) is 5.26 Å². The molecule has 8 nitrogen and oxygen atoms in total. The molecule has 0 amide bonds. The fourth-order valence-electron chi connectivity index (χ4n) is 0.751. The van der Waals surface area contributed by atoms with Gasteiger partial charge in [0.25, 0.3) is 0 Å². The van der Waals surface area contributed by atoms with E-state index in [1.807, 2.05) is 0 Å². The zero-order chi connectivity index (χ0) is 15.3. The maximum atomic E-state index is 8.33. The highest BCUT2D eigenvalue weighted by molar-refractivity contribution is 5.89. The highest BCUT2D eigenvalue weighted by Crippen LogP contribution is 2.16. The van der Waals surface area contributed by atoms with Crippen LogP contribution in [0.4, 0.5) is 0 Å². The van der Waals surface area contributed by atoms with Gasteiger partial charge in [0.05, 0.1) is 0 Å². The molecular formula is C11H22N6O2. The summed E-state index contributed by atoms with van der Waals surface area (Å²) >= 11 is 0. The predicted molar refractivity (Wildman–Crippen MR) is 74.3 cm³/mol. The molecule has 0 rings (SSSR count). The Bertz CT molecular complexity index is 411. The number of hydrogen-bond donors (Lipinski definition) is 4. The summed E-state index contributed by atoms with van der Waals surface area (Å²) in [5.74, 6) is 0.179. The Balaban J connectivity index is 4.93. The van der Waals surface area contributed by atoms with E-state index in [2.05, 4.69) is 26.7 Å². The summed E-state index contributed by atoms with van der Waals surface area (Å²) in [6.07, 6.45) is 0. The summed E-state index contributed by atoms with van der Waals surface area (Å²) in [4.78, 5) is 7.89. The number of hydrogen-bond acceptors (Lipinski definition) is 6. The van der Waals surface area contributed by atoms with Crippen LogP contribution in [-0.2, 0) is 4.89 Å². The lowest BCUT2D eigenvalue weighted by atomic mass is 10.0. The van der Waals surface area contributed by atoms with Gasteiger partial charge in [-0.3, -0.25) is 10.4 Å². The van der Waals surface area contributed by atoms with Crippen molar-refractivity contribution in [3.05, 3.63) is 12.3 Å². The average molecular weight is 270 g/mol. The standard InChI is InChI=1S/C11H22N6O2/c1-7(19-18)6-15-9(14)11(4,5)17-16-10(2,3)8(12)13/h18H,1,6H2,2-5H3,(H3,12,13)(H2,14,15). The summed E-state index contributed by atoms with van der Waals surface area (Å²) in [6.45, 7) is 10.2. The second kappa shape index (κ2) is 6.28. The van der Waals surface area contributed by atoms with Gasteiger partial charge in [0.1, 0.15) is 29.3 Å². The smallest absolute Gasteiger partial charge is 0.156 e. The Hall–Kier alpha value is -1.96. The predicted octanol–water partition coefficient (Wildman–Crippen LogP) is 1.29.